The molecule has 1 unspecified atom stereocenters. The molecular weight excluding hydrogens is 422 g/mol. The highest BCUT2D eigenvalue weighted by atomic mass is 35.5. The van der Waals surface area contributed by atoms with Gasteiger partial charge in [0.2, 0.25) is 5.91 Å². The average Bonchev–Trinajstić information content (AvgIpc) is 3.14. The summed E-state index contributed by atoms with van der Waals surface area (Å²) in [5.41, 5.74) is 1.17. The number of aromatic nitrogens is 1. The Bertz CT molecular complexity index is 911. The minimum Gasteiger partial charge on any atom is -0.477 e. The smallest absolute Gasteiger partial charge is 0.347 e. The Kier molecular flexibility index (Phi) is 6.72. The lowest BCUT2D eigenvalue weighted by Crippen LogP contribution is -2.53. The number of rotatable bonds is 6. The fraction of sp³-hybridized carbons (Fsp3) is 0.500. The minimum atomic E-state index is -1.01. The Balaban J connectivity index is 1.73. The van der Waals surface area contributed by atoms with E-state index in [2.05, 4.69) is 36.3 Å². The number of hydrogen-bond donors (Lipinski definition) is 2. The van der Waals surface area contributed by atoms with Gasteiger partial charge in [0.05, 0.1) is 6.20 Å². The molecule has 162 valence electrons. The van der Waals surface area contributed by atoms with Gasteiger partial charge in [-0.2, -0.15) is 0 Å². The highest BCUT2D eigenvalue weighted by Crippen LogP contribution is 2.42. The van der Waals surface area contributed by atoms with Gasteiger partial charge in [0, 0.05) is 18.1 Å². The predicted molar refractivity (Wildman–Crippen MR) is 120 cm³/mol. The lowest BCUT2D eigenvalue weighted by molar-refractivity contribution is -0.136. The summed E-state index contributed by atoms with van der Waals surface area (Å²) in [7, 11) is 0. The normalized spacial score (nSPS) is 19.5. The van der Waals surface area contributed by atoms with Gasteiger partial charge in [0.1, 0.15) is 10.9 Å². The van der Waals surface area contributed by atoms with Crippen molar-refractivity contribution < 1.29 is 14.7 Å². The maximum Gasteiger partial charge on any atom is 0.347 e. The number of thiazole rings is 1. The van der Waals surface area contributed by atoms with E-state index in [-0.39, 0.29) is 22.1 Å². The molecule has 1 aliphatic heterocycles. The number of nitrogens with zero attached hydrogens (tertiary/aromatic N) is 2. The molecule has 0 spiro atoms. The monoisotopic (exact) mass is 449 g/mol. The molecule has 1 saturated heterocycles. The molecule has 1 amide bonds. The molecule has 1 fully saturated rings. The number of hydrogen-bond acceptors (Lipinski definition) is 5. The van der Waals surface area contributed by atoms with Gasteiger partial charge in [-0.1, -0.05) is 62.8 Å². The summed E-state index contributed by atoms with van der Waals surface area (Å²) >= 11 is 7.09. The number of carboxylic acid groups (broad SMARTS) is 1. The van der Waals surface area contributed by atoms with E-state index in [0.29, 0.717) is 24.1 Å². The van der Waals surface area contributed by atoms with Gasteiger partial charge < -0.3 is 15.3 Å². The molecule has 30 heavy (non-hydrogen) atoms. The lowest BCUT2D eigenvalue weighted by atomic mass is 9.70. The van der Waals surface area contributed by atoms with Crippen molar-refractivity contribution in [1.82, 2.24) is 9.88 Å². The van der Waals surface area contributed by atoms with E-state index in [1.165, 1.54) is 11.8 Å². The van der Waals surface area contributed by atoms with Crippen molar-refractivity contribution in [2.45, 2.75) is 46.1 Å². The summed E-state index contributed by atoms with van der Waals surface area (Å²) in [6.45, 7) is 9.69. The van der Waals surface area contributed by atoms with Gasteiger partial charge in [0.15, 0.2) is 5.13 Å². The van der Waals surface area contributed by atoms with Gasteiger partial charge in [-0.3, -0.25) is 4.79 Å². The van der Waals surface area contributed by atoms with Crippen LogP contribution < -0.4 is 5.32 Å². The summed E-state index contributed by atoms with van der Waals surface area (Å²) < 4.78 is 0. The summed E-state index contributed by atoms with van der Waals surface area (Å²) in [5.74, 6) is -0.605. The summed E-state index contributed by atoms with van der Waals surface area (Å²) in [6, 6.07) is 7.53. The Morgan fingerprint density at radius 3 is 2.50 bits per heavy atom. The van der Waals surface area contributed by atoms with Crippen LogP contribution in [0, 0.1) is 11.3 Å². The molecule has 2 heterocycles. The standard InChI is InChI=1S/C22H28ClN3O3S/c1-13(2)18(25-21-24-11-17(30-21)20(28)29)19(27)26-10-9-16(22(3,4)12-26)14-5-7-15(23)8-6-14/h5-8,11,13,16,18H,9-10,12H2,1-4H3,(H,24,25)(H,28,29)/t16?,18-/m1/s1. The van der Waals surface area contributed by atoms with Crippen molar-refractivity contribution in [2.75, 3.05) is 18.4 Å². The van der Waals surface area contributed by atoms with E-state index in [4.69, 9.17) is 16.7 Å². The highest BCUT2D eigenvalue weighted by molar-refractivity contribution is 7.17. The van der Waals surface area contributed by atoms with Crippen molar-refractivity contribution in [3.05, 3.63) is 45.9 Å². The Morgan fingerprint density at radius 2 is 1.97 bits per heavy atom. The van der Waals surface area contributed by atoms with Crippen LogP contribution >= 0.6 is 22.9 Å². The molecule has 0 radical (unpaired) electrons. The van der Waals surface area contributed by atoms with Crippen LogP contribution in [0.4, 0.5) is 5.13 Å². The number of carbonyl (C=O) groups excluding carboxylic acids is 1. The molecular formula is C22H28ClN3O3S. The van der Waals surface area contributed by atoms with Gasteiger partial charge in [-0.15, -0.1) is 0 Å². The zero-order valence-corrected chi connectivity index (χ0v) is 19.3. The first kappa shape index (κ1) is 22.6. The van der Waals surface area contributed by atoms with Gasteiger partial charge >= 0.3 is 5.97 Å². The molecule has 2 aromatic rings. The number of carboxylic acids is 1. The van der Waals surface area contributed by atoms with Crippen LogP contribution in [0.3, 0.4) is 0 Å². The Hall–Kier alpha value is -2.12. The number of anilines is 1. The lowest BCUT2D eigenvalue weighted by Gasteiger charge is -2.45. The molecule has 0 aliphatic carbocycles. The van der Waals surface area contributed by atoms with Crippen molar-refractivity contribution in [1.29, 1.82) is 0 Å². The third kappa shape index (κ3) is 4.95. The Labute approximate surface area is 186 Å². The van der Waals surface area contributed by atoms with Crippen LogP contribution in [0.15, 0.2) is 30.5 Å². The SMILES string of the molecule is CC(C)[C@@H](Nc1ncc(C(=O)O)s1)C(=O)N1CCC(c2ccc(Cl)cc2)C(C)(C)C1. The topological polar surface area (TPSA) is 82.5 Å². The fourth-order valence-corrected chi connectivity index (χ4v) is 4.96. The van der Waals surface area contributed by atoms with Crippen molar-refractivity contribution in [3.63, 3.8) is 0 Å². The maximum atomic E-state index is 13.4. The summed E-state index contributed by atoms with van der Waals surface area (Å²) in [4.78, 5) is 30.7. The third-order valence-corrected chi connectivity index (χ3v) is 6.91. The number of halogens is 1. The fourth-order valence-electron chi connectivity index (χ4n) is 4.14. The van der Waals surface area contributed by atoms with E-state index in [1.54, 1.807) is 0 Å². The number of benzene rings is 1. The van der Waals surface area contributed by atoms with Gasteiger partial charge in [-0.25, -0.2) is 9.78 Å². The quantitative estimate of drug-likeness (QED) is 0.650. The number of carbonyl (C=O) groups is 2. The molecule has 6 nitrogen and oxygen atoms in total. The highest BCUT2D eigenvalue weighted by Gasteiger charge is 2.40. The Morgan fingerprint density at radius 1 is 1.30 bits per heavy atom. The van der Waals surface area contributed by atoms with Gasteiger partial charge in [-0.05, 0) is 41.4 Å². The van der Waals surface area contributed by atoms with E-state index >= 15 is 0 Å². The van der Waals surface area contributed by atoms with Crippen LogP contribution in [0.1, 0.15) is 55.3 Å². The first-order chi connectivity index (χ1) is 14.1. The number of aromatic carboxylic acids is 1. The van der Waals surface area contributed by atoms with Crippen molar-refractivity contribution in [3.8, 4) is 0 Å². The molecule has 2 N–H and O–H groups in total. The van der Waals surface area contributed by atoms with Crippen LogP contribution in [-0.2, 0) is 4.79 Å². The van der Waals surface area contributed by atoms with E-state index in [9.17, 15) is 9.59 Å². The first-order valence-corrected chi connectivity index (χ1v) is 11.3. The average molecular weight is 450 g/mol. The molecule has 2 atom stereocenters. The zero-order chi connectivity index (χ0) is 22.1. The number of nitrogens with one attached hydrogen (secondary N) is 1. The van der Waals surface area contributed by atoms with Crippen molar-refractivity contribution >= 4 is 39.9 Å². The second kappa shape index (κ2) is 8.94. The van der Waals surface area contributed by atoms with Crippen LogP contribution in [0.2, 0.25) is 5.02 Å². The molecule has 1 aliphatic rings. The van der Waals surface area contributed by atoms with Crippen molar-refractivity contribution in [2.24, 2.45) is 11.3 Å². The summed E-state index contributed by atoms with van der Waals surface area (Å²) in [6.07, 6.45) is 2.20. The van der Waals surface area contributed by atoms with Crippen LogP contribution in [-0.4, -0.2) is 46.0 Å². The predicted octanol–water partition coefficient (Wildman–Crippen LogP) is 4.97. The first-order valence-electron chi connectivity index (χ1n) is 10.1. The van der Waals surface area contributed by atoms with Gasteiger partial charge in [0.25, 0.3) is 0 Å². The molecule has 0 bridgehead atoms. The molecule has 3 rings (SSSR count). The summed E-state index contributed by atoms with van der Waals surface area (Å²) in [5, 5.41) is 13.5. The number of piperidine rings is 1. The van der Waals surface area contributed by atoms with E-state index < -0.39 is 12.0 Å². The molecule has 8 heteroatoms. The number of amides is 1. The number of likely N-dealkylation sites (tertiary alicyclic amines) is 1. The second-order valence-electron chi connectivity index (χ2n) is 8.84. The molecule has 0 saturated carbocycles. The zero-order valence-electron chi connectivity index (χ0n) is 17.7. The van der Waals surface area contributed by atoms with E-state index in [1.807, 2.05) is 30.9 Å². The maximum absolute atomic E-state index is 13.4. The molecule has 1 aromatic heterocycles. The minimum absolute atomic E-state index is 0.0275. The van der Waals surface area contributed by atoms with E-state index in [0.717, 1.165) is 22.8 Å². The third-order valence-electron chi connectivity index (χ3n) is 5.74. The largest absolute Gasteiger partial charge is 0.477 e. The van der Waals surface area contributed by atoms with Crippen LogP contribution in [0.5, 0.6) is 0 Å². The molecule has 1 aromatic carbocycles. The second-order valence-corrected chi connectivity index (χ2v) is 10.3. The van der Waals surface area contributed by atoms with Crippen LogP contribution in [0.25, 0.3) is 0 Å².